The molecule has 1 fully saturated rings. The molecule has 0 amide bonds. The van der Waals surface area contributed by atoms with Gasteiger partial charge in [0, 0.05) is 6.20 Å². The maximum absolute atomic E-state index is 8.68. The summed E-state index contributed by atoms with van der Waals surface area (Å²) in [5.74, 6) is 1.41. The van der Waals surface area contributed by atoms with E-state index in [2.05, 4.69) is 24.0 Å². The highest BCUT2D eigenvalue weighted by atomic mass is 14.7. The van der Waals surface area contributed by atoms with E-state index in [1.807, 2.05) is 12.3 Å². The van der Waals surface area contributed by atoms with Gasteiger partial charge in [0.1, 0.15) is 11.8 Å². The van der Waals surface area contributed by atoms with Crippen LogP contribution in [-0.4, -0.2) is 4.98 Å². The van der Waals surface area contributed by atoms with Gasteiger partial charge in [0.05, 0.1) is 0 Å². The van der Waals surface area contributed by atoms with Crippen LogP contribution in [0.2, 0.25) is 0 Å². The Morgan fingerprint density at radius 3 is 2.73 bits per heavy atom. The molecule has 1 aromatic heterocycles. The summed E-state index contributed by atoms with van der Waals surface area (Å²) in [4.78, 5) is 4.15. The lowest BCUT2D eigenvalue weighted by atomic mass is 9.77. The highest BCUT2D eigenvalue weighted by Crippen LogP contribution is 2.36. The van der Waals surface area contributed by atoms with Crippen molar-refractivity contribution in [2.75, 3.05) is 0 Å². The zero-order chi connectivity index (χ0) is 10.7. The van der Waals surface area contributed by atoms with Crippen LogP contribution >= 0.6 is 0 Å². The van der Waals surface area contributed by atoms with Gasteiger partial charge in [-0.3, -0.25) is 0 Å². The van der Waals surface area contributed by atoms with Gasteiger partial charge in [0.2, 0.25) is 0 Å². The summed E-state index contributed by atoms with van der Waals surface area (Å²) in [6.07, 6.45) is 7.17. The van der Waals surface area contributed by atoms with E-state index in [1.54, 1.807) is 0 Å². The second kappa shape index (κ2) is 4.44. The molecule has 78 valence electrons. The third kappa shape index (κ3) is 2.18. The second-order valence-electron chi connectivity index (χ2n) is 4.46. The van der Waals surface area contributed by atoms with Crippen molar-refractivity contribution < 1.29 is 0 Å². The van der Waals surface area contributed by atoms with E-state index in [4.69, 9.17) is 5.26 Å². The Labute approximate surface area is 91.0 Å². The molecule has 15 heavy (non-hydrogen) atoms. The van der Waals surface area contributed by atoms with Gasteiger partial charge in [-0.1, -0.05) is 32.3 Å². The van der Waals surface area contributed by atoms with Crippen molar-refractivity contribution in [1.82, 2.24) is 4.98 Å². The van der Waals surface area contributed by atoms with Crippen LogP contribution in [0.3, 0.4) is 0 Å². The Morgan fingerprint density at radius 2 is 2.13 bits per heavy atom. The summed E-state index contributed by atoms with van der Waals surface area (Å²) in [5.41, 5.74) is 1.82. The quantitative estimate of drug-likeness (QED) is 0.697. The predicted octanol–water partition coefficient (Wildman–Crippen LogP) is 3.25. The largest absolute Gasteiger partial charge is 0.245 e. The predicted molar refractivity (Wildman–Crippen MR) is 59.3 cm³/mol. The van der Waals surface area contributed by atoms with E-state index >= 15 is 0 Å². The molecule has 2 heteroatoms. The Hall–Kier alpha value is -1.36. The normalized spacial score (nSPS) is 25.9. The molecule has 1 aliphatic carbocycles. The summed E-state index contributed by atoms with van der Waals surface area (Å²) in [6, 6.07) is 5.95. The first-order valence-electron chi connectivity index (χ1n) is 5.67. The van der Waals surface area contributed by atoms with E-state index in [0.717, 1.165) is 5.92 Å². The molecule has 0 radical (unpaired) electrons. The van der Waals surface area contributed by atoms with Crippen LogP contribution in [0.25, 0.3) is 0 Å². The van der Waals surface area contributed by atoms with Gasteiger partial charge in [0.15, 0.2) is 0 Å². The van der Waals surface area contributed by atoms with Crippen LogP contribution in [0.15, 0.2) is 18.3 Å². The van der Waals surface area contributed by atoms with Gasteiger partial charge < -0.3 is 0 Å². The van der Waals surface area contributed by atoms with Crippen molar-refractivity contribution in [2.24, 2.45) is 5.92 Å². The number of aromatic nitrogens is 1. The van der Waals surface area contributed by atoms with Crippen molar-refractivity contribution in [3.05, 3.63) is 29.6 Å². The third-order valence-electron chi connectivity index (χ3n) is 3.44. The fourth-order valence-electron chi connectivity index (χ4n) is 2.50. The van der Waals surface area contributed by atoms with E-state index < -0.39 is 0 Å². The van der Waals surface area contributed by atoms with Crippen LogP contribution in [-0.2, 0) is 0 Å². The first-order chi connectivity index (χ1) is 7.31. The third-order valence-corrected chi connectivity index (χ3v) is 3.44. The molecule has 2 atom stereocenters. The molecule has 1 saturated carbocycles. The number of pyridine rings is 1. The van der Waals surface area contributed by atoms with Crippen molar-refractivity contribution in [3.8, 4) is 6.07 Å². The van der Waals surface area contributed by atoms with Crippen molar-refractivity contribution in [1.29, 1.82) is 5.26 Å². The summed E-state index contributed by atoms with van der Waals surface area (Å²) in [6.45, 7) is 2.32. The van der Waals surface area contributed by atoms with E-state index in [9.17, 15) is 0 Å². The van der Waals surface area contributed by atoms with E-state index in [1.165, 1.54) is 31.2 Å². The number of nitrogens with zero attached hydrogens (tertiary/aromatic N) is 2. The number of hydrogen-bond acceptors (Lipinski definition) is 2. The smallest absolute Gasteiger partial charge is 0.140 e. The second-order valence-corrected chi connectivity index (χ2v) is 4.46. The van der Waals surface area contributed by atoms with Crippen LogP contribution in [0, 0.1) is 17.2 Å². The SMILES string of the molecule is C[C@H]1CCCC[C@@H]1c1ccc(C#N)nc1. The van der Waals surface area contributed by atoms with Gasteiger partial charge in [-0.15, -0.1) is 0 Å². The topological polar surface area (TPSA) is 36.7 Å². The molecule has 0 bridgehead atoms. The van der Waals surface area contributed by atoms with Gasteiger partial charge in [-0.2, -0.15) is 5.26 Å². The Balaban J connectivity index is 2.18. The first-order valence-corrected chi connectivity index (χ1v) is 5.67. The fraction of sp³-hybridized carbons (Fsp3) is 0.538. The van der Waals surface area contributed by atoms with Crippen LogP contribution in [0.5, 0.6) is 0 Å². The molecule has 1 aliphatic rings. The molecule has 0 N–H and O–H groups in total. The zero-order valence-electron chi connectivity index (χ0n) is 9.11. The number of nitriles is 1. The maximum atomic E-state index is 8.68. The van der Waals surface area contributed by atoms with Crippen LogP contribution in [0.1, 0.15) is 49.8 Å². The molecule has 0 spiro atoms. The van der Waals surface area contributed by atoms with Crippen LogP contribution < -0.4 is 0 Å². The van der Waals surface area contributed by atoms with Crippen LogP contribution in [0.4, 0.5) is 0 Å². The Morgan fingerprint density at radius 1 is 1.33 bits per heavy atom. The molecule has 1 heterocycles. The minimum absolute atomic E-state index is 0.516. The lowest BCUT2D eigenvalue weighted by molar-refractivity contribution is 0.330. The van der Waals surface area contributed by atoms with Crippen molar-refractivity contribution in [3.63, 3.8) is 0 Å². The average Bonchev–Trinajstić information content (AvgIpc) is 2.30. The Bertz CT molecular complexity index is 361. The highest BCUT2D eigenvalue weighted by molar-refractivity contribution is 5.25. The molecule has 0 aromatic carbocycles. The molecule has 0 unspecified atom stereocenters. The van der Waals surface area contributed by atoms with Gasteiger partial charge in [0.25, 0.3) is 0 Å². The van der Waals surface area contributed by atoms with Gasteiger partial charge >= 0.3 is 0 Å². The first kappa shape index (κ1) is 10.2. The number of hydrogen-bond donors (Lipinski definition) is 0. The van der Waals surface area contributed by atoms with E-state index in [-0.39, 0.29) is 0 Å². The van der Waals surface area contributed by atoms with Crippen molar-refractivity contribution in [2.45, 2.75) is 38.5 Å². The lowest BCUT2D eigenvalue weighted by Gasteiger charge is -2.28. The summed E-state index contributed by atoms with van der Waals surface area (Å²) in [7, 11) is 0. The molecule has 1 aromatic rings. The monoisotopic (exact) mass is 200 g/mol. The van der Waals surface area contributed by atoms with Gasteiger partial charge in [-0.25, -0.2) is 4.98 Å². The average molecular weight is 200 g/mol. The minimum atomic E-state index is 0.516. The standard InChI is InChI=1S/C13H16N2/c1-10-4-2-3-5-13(10)11-6-7-12(8-14)15-9-11/h6-7,9-10,13H,2-5H2,1H3/t10-,13-/m0/s1. The van der Waals surface area contributed by atoms with Crippen molar-refractivity contribution >= 4 is 0 Å². The Kier molecular flexibility index (Phi) is 3.01. The maximum Gasteiger partial charge on any atom is 0.140 e. The molecular formula is C13H16N2. The highest BCUT2D eigenvalue weighted by Gasteiger charge is 2.22. The van der Waals surface area contributed by atoms with E-state index in [0.29, 0.717) is 11.6 Å². The number of rotatable bonds is 1. The molecule has 0 saturated heterocycles. The summed E-state index contributed by atoms with van der Waals surface area (Å²) >= 11 is 0. The molecule has 0 aliphatic heterocycles. The molecular weight excluding hydrogens is 184 g/mol. The molecule has 2 rings (SSSR count). The lowest BCUT2D eigenvalue weighted by Crippen LogP contribution is -2.14. The zero-order valence-corrected chi connectivity index (χ0v) is 9.11. The minimum Gasteiger partial charge on any atom is -0.245 e. The molecule has 2 nitrogen and oxygen atoms in total. The summed E-state index contributed by atoms with van der Waals surface area (Å²) < 4.78 is 0. The summed E-state index contributed by atoms with van der Waals surface area (Å²) in [5, 5.41) is 8.68. The fourth-order valence-corrected chi connectivity index (χ4v) is 2.50. The van der Waals surface area contributed by atoms with Gasteiger partial charge in [-0.05, 0) is 29.9 Å².